The van der Waals surface area contributed by atoms with Crippen molar-refractivity contribution in [3.8, 4) is 0 Å². The summed E-state index contributed by atoms with van der Waals surface area (Å²) in [5.41, 5.74) is -0.458. The Kier molecular flexibility index (Phi) is 3.93. The predicted octanol–water partition coefficient (Wildman–Crippen LogP) is 3.71. The lowest BCUT2D eigenvalue weighted by molar-refractivity contribution is -0.234. The molecule has 4 aliphatic rings. The molecule has 0 heterocycles. The fraction of sp³-hybridized carbons (Fsp3) is 0.952. The average molecular weight is 335 g/mol. The van der Waals surface area contributed by atoms with Gasteiger partial charge in [-0.3, -0.25) is 4.79 Å². The summed E-state index contributed by atoms with van der Waals surface area (Å²) in [5, 5.41) is 21.3. The second kappa shape index (κ2) is 5.54. The van der Waals surface area contributed by atoms with Gasteiger partial charge in [0, 0.05) is 5.92 Å². The fourth-order valence-electron chi connectivity index (χ4n) is 7.87. The Morgan fingerprint density at radius 1 is 0.958 bits per heavy atom. The third kappa shape index (κ3) is 2.00. The summed E-state index contributed by atoms with van der Waals surface area (Å²) in [7, 11) is 0. The van der Waals surface area contributed by atoms with E-state index in [0.717, 1.165) is 32.1 Å². The van der Waals surface area contributed by atoms with Crippen molar-refractivity contribution in [1.29, 1.82) is 0 Å². The van der Waals surface area contributed by atoms with Crippen LogP contribution < -0.4 is 0 Å². The lowest BCUT2D eigenvalue weighted by Crippen LogP contribution is -2.65. The SMILES string of the molecule is C[C@]12CC[C@@]3(O)[C@@H](CCC4CCCC[C@@]43C)[C@@H]1CC[C@@H]2C(=O)CO. The smallest absolute Gasteiger partial charge is 0.161 e. The molecule has 0 spiro atoms. The summed E-state index contributed by atoms with van der Waals surface area (Å²) in [5.74, 6) is 1.54. The van der Waals surface area contributed by atoms with E-state index in [1.54, 1.807) is 0 Å². The number of hydrogen-bond acceptors (Lipinski definition) is 3. The van der Waals surface area contributed by atoms with Crippen molar-refractivity contribution in [2.75, 3.05) is 6.61 Å². The molecule has 0 aromatic carbocycles. The van der Waals surface area contributed by atoms with Crippen molar-refractivity contribution in [1.82, 2.24) is 0 Å². The van der Waals surface area contributed by atoms with E-state index in [4.69, 9.17) is 0 Å². The molecule has 3 nitrogen and oxygen atoms in total. The van der Waals surface area contributed by atoms with Crippen LogP contribution in [0, 0.1) is 34.5 Å². The molecular weight excluding hydrogens is 300 g/mol. The molecular formula is C21H34O3. The van der Waals surface area contributed by atoms with Gasteiger partial charge in [-0.1, -0.05) is 26.7 Å². The first kappa shape index (κ1) is 17.0. The van der Waals surface area contributed by atoms with E-state index in [1.807, 2.05) is 0 Å². The Labute approximate surface area is 146 Å². The van der Waals surface area contributed by atoms with Crippen molar-refractivity contribution in [3.05, 3.63) is 0 Å². The Bertz CT molecular complexity index is 531. The third-order valence-electron chi connectivity index (χ3n) is 9.31. The standard InChI is InChI=1S/C21H34O3/c1-19-11-12-21(24)16(15(19)8-9-17(19)18(23)13-22)7-6-14-5-3-4-10-20(14,21)2/h14-17,22,24H,3-13H2,1-2H3/t14?,15-,16-,17+,19-,20-,21+/m0/s1. The van der Waals surface area contributed by atoms with Gasteiger partial charge in [-0.25, -0.2) is 0 Å². The van der Waals surface area contributed by atoms with Crippen molar-refractivity contribution in [2.45, 2.75) is 83.7 Å². The summed E-state index contributed by atoms with van der Waals surface area (Å²) >= 11 is 0. The third-order valence-corrected chi connectivity index (χ3v) is 9.31. The first-order chi connectivity index (χ1) is 11.4. The topological polar surface area (TPSA) is 57.5 Å². The molecule has 0 bridgehead atoms. The van der Waals surface area contributed by atoms with Gasteiger partial charge in [-0.05, 0) is 80.0 Å². The zero-order valence-electron chi connectivity index (χ0n) is 15.4. The fourth-order valence-corrected chi connectivity index (χ4v) is 7.87. The predicted molar refractivity (Wildman–Crippen MR) is 93.4 cm³/mol. The number of carbonyl (C=O) groups is 1. The minimum atomic E-state index is -0.530. The maximum absolute atomic E-state index is 12.3. The van der Waals surface area contributed by atoms with Gasteiger partial charge in [0.2, 0.25) is 0 Å². The van der Waals surface area contributed by atoms with Gasteiger partial charge in [-0.2, -0.15) is 0 Å². The Balaban J connectivity index is 1.67. The average Bonchev–Trinajstić information content (AvgIpc) is 2.92. The molecule has 0 aromatic rings. The number of carbonyl (C=O) groups excluding carboxylic acids is 1. The van der Waals surface area contributed by atoms with Crippen LogP contribution in [0.1, 0.15) is 78.1 Å². The number of Topliss-reactive ketones (excluding diaryl/α,β-unsaturated/α-hetero) is 1. The zero-order chi connectivity index (χ0) is 17.2. The summed E-state index contributed by atoms with van der Waals surface area (Å²) in [6, 6.07) is 0. The monoisotopic (exact) mass is 334 g/mol. The van der Waals surface area contributed by atoms with Gasteiger partial charge in [0.05, 0.1) is 5.60 Å². The molecule has 4 aliphatic carbocycles. The van der Waals surface area contributed by atoms with Crippen molar-refractivity contribution in [2.24, 2.45) is 34.5 Å². The number of rotatable bonds is 2. The van der Waals surface area contributed by atoms with Gasteiger partial charge in [0.1, 0.15) is 6.61 Å². The number of ketones is 1. The van der Waals surface area contributed by atoms with E-state index in [9.17, 15) is 15.0 Å². The Morgan fingerprint density at radius 2 is 1.71 bits per heavy atom. The van der Waals surface area contributed by atoms with E-state index in [-0.39, 0.29) is 29.1 Å². The number of hydrogen-bond donors (Lipinski definition) is 2. The van der Waals surface area contributed by atoms with E-state index < -0.39 is 5.60 Å². The van der Waals surface area contributed by atoms with Gasteiger partial charge in [0.25, 0.3) is 0 Å². The van der Waals surface area contributed by atoms with Crippen molar-refractivity contribution in [3.63, 3.8) is 0 Å². The second-order valence-corrected chi connectivity index (χ2v) is 9.83. The van der Waals surface area contributed by atoms with Crippen molar-refractivity contribution >= 4 is 5.78 Å². The maximum Gasteiger partial charge on any atom is 0.161 e. The van der Waals surface area contributed by atoms with Gasteiger partial charge in [-0.15, -0.1) is 0 Å². The molecule has 4 saturated carbocycles. The minimum Gasteiger partial charge on any atom is -0.389 e. The highest BCUT2D eigenvalue weighted by atomic mass is 16.3. The maximum atomic E-state index is 12.3. The highest BCUT2D eigenvalue weighted by molar-refractivity contribution is 5.83. The quantitative estimate of drug-likeness (QED) is 0.809. The molecule has 4 fully saturated rings. The summed E-state index contributed by atoms with van der Waals surface area (Å²) < 4.78 is 0. The number of fused-ring (bicyclic) bond motifs is 5. The molecule has 4 rings (SSSR count). The zero-order valence-corrected chi connectivity index (χ0v) is 15.4. The van der Waals surface area contributed by atoms with Crippen LogP contribution in [0.4, 0.5) is 0 Å². The molecule has 0 saturated heterocycles. The van der Waals surface area contributed by atoms with Crippen LogP contribution in [0.3, 0.4) is 0 Å². The van der Waals surface area contributed by atoms with Gasteiger partial charge < -0.3 is 10.2 Å². The highest BCUT2D eigenvalue weighted by Crippen LogP contribution is 2.69. The first-order valence-electron chi connectivity index (χ1n) is 10.2. The van der Waals surface area contributed by atoms with Gasteiger partial charge in [0.15, 0.2) is 5.78 Å². The second-order valence-electron chi connectivity index (χ2n) is 9.83. The molecule has 1 unspecified atom stereocenters. The van der Waals surface area contributed by atoms with Crippen LogP contribution in [0.2, 0.25) is 0 Å². The van der Waals surface area contributed by atoms with E-state index in [1.165, 1.54) is 32.1 Å². The number of aliphatic hydroxyl groups excluding tert-OH is 1. The van der Waals surface area contributed by atoms with Crippen LogP contribution in [-0.2, 0) is 4.79 Å². The summed E-state index contributed by atoms with van der Waals surface area (Å²) in [6.07, 6.45) is 11.2. The molecule has 0 aliphatic heterocycles. The largest absolute Gasteiger partial charge is 0.389 e. The normalized spacial score (nSPS) is 53.8. The van der Waals surface area contributed by atoms with E-state index in [0.29, 0.717) is 17.8 Å². The molecule has 3 heteroatoms. The van der Waals surface area contributed by atoms with Gasteiger partial charge >= 0.3 is 0 Å². The molecule has 0 amide bonds. The van der Waals surface area contributed by atoms with E-state index in [2.05, 4.69) is 13.8 Å². The Morgan fingerprint density at radius 3 is 2.46 bits per heavy atom. The van der Waals surface area contributed by atoms with Crippen LogP contribution in [-0.4, -0.2) is 28.2 Å². The van der Waals surface area contributed by atoms with Crippen LogP contribution >= 0.6 is 0 Å². The highest BCUT2D eigenvalue weighted by Gasteiger charge is 2.66. The molecule has 0 aromatic heterocycles. The van der Waals surface area contributed by atoms with Crippen LogP contribution in [0.15, 0.2) is 0 Å². The molecule has 136 valence electrons. The van der Waals surface area contributed by atoms with Crippen LogP contribution in [0.25, 0.3) is 0 Å². The number of aliphatic hydroxyl groups is 2. The molecule has 2 N–H and O–H groups in total. The first-order valence-corrected chi connectivity index (χ1v) is 10.2. The lowest BCUT2D eigenvalue weighted by atomic mass is 9.42. The molecule has 0 radical (unpaired) electrons. The Hall–Kier alpha value is -0.410. The molecule has 7 atom stereocenters. The summed E-state index contributed by atoms with van der Waals surface area (Å²) in [6.45, 7) is 4.33. The lowest BCUT2D eigenvalue weighted by Gasteiger charge is -2.65. The van der Waals surface area contributed by atoms with Crippen molar-refractivity contribution < 1.29 is 15.0 Å². The van der Waals surface area contributed by atoms with Crippen LogP contribution in [0.5, 0.6) is 0 Å². The molecule has 24 heavy (non-hydrogen) atoms. The van der Waals surface area contributed by atoms with E-state index >= 15 is 0 Å². The summed E-state index contributed by atoms with van der Waals surface area (Å²) in [4.78, 5) is 12.3. The minimum absolute atomic E-state index is 0.00538.